The van der Waals surface area contributed by atoms with Gasteiger partial charge in [0.15, 0.2) is 16.8 Å². The third-order valence-electron chi connectivity index (χ3n) is 9.38. The van der Waals surface area contributed by atoms with Gasteiger partial charge in [-0.2, -0.15) is 9.97 Å². The van der Waals surface area contributed by atoms with Gasteiger partial charge >= 0.3 is 11.4 Å². The lowest BCUT2D eigenvalue weighted by atomic mass is 10.1. The van der Waals surface area contributed by atoms with Crippen LogP contribution in [0.25, 0.3) is 22.3 Å². The van der Waals surface area contributed by atoms with Gasteiger partial charge in [-0.1, -0.05) is 28.9 Å². The number of hydrogen-bond acceptors (Lipinski definition) is 14. The van der Waals surface area contributed by atoms with Crippen molar-refractivity contribution >= 4 is 45.7 Å². The zero-order chi connectivity index (χ0) is 50.5. The maximum absolute atomic E-state index is 11.5. The average Bonchev–Trinajstić information content (AvgIpc) is 3.79. The Morgan fingerprint density at radius 1 is 0.580 bits per heavy atom. The van der Waals surface area contributed by atoms with Crippen molar-refractivity contribution in [3.63, 3.8) is 0 Å². The fourth-order valence-electron chi connectivity index (χ4n) is 5.94. The smallest absolute Gasteiger partial charge is 0.349 e. The number of anilines is 3. The van der Waals surface area contributed by atoms with Crippen LogP contribution in [0.15, 0.2) is 92.8 Å². The topological polar surface area (TPSA) is 294 Å². The number of nitrogens with one attached hydrogen (secondary N) is 3. The van der Waals surface area contributed by atoms with Crippen molar-refractivity contribution in [3.8, 4) is 0 Å². The molecule has 0 fully saturated rings. The number of fused-ring (bicyclic) bond motifs is 2. The Kier molecular flexibility index (Phi) is 20.7. The van der Waals surface area contributed by atoms with E-state index in [1.54, 1.807) is 48.7 Å². The monoisotopic (exact) mass is 961 g/mol. The molecule has 21 heteroatoms. The van der Waals surface area contributed by atoms with Crippen molar-refractivity contribution in [2.75, 3.05) is 17.2 Å². The summed E-state index contributed by atoms with van der Waals surface area (Å²) in [5.74, 6) is 0.951. The second kappa shape index (κ2) is 23.1. The van der Waals surface area contributed by atoms with Crippen molar-refractivity contribution < 1.29 is 4.79 Å². The molecule has 0 saturated heterocycles. The minimum Gasteiger partial charge on any atom is -0.397 e. The van der Waals surface area contributed by atoms with Gasteiger partial charge in [-0.3, -0.25) is 33.5 Å². The normalized spacial score (nSPS) is 12.6. The van der Waals surface area contributed by atoms with E-state index in [1.165, 1.54) is 16.8 Å². The van der Waals surface area contributed by atoms with Crippen molar-refractivity contribution in [2.24, 2.45) is 0 Å². The first-order valence-electron chi connectivity index (χ1n) is 21.0. The molecule has 6 aromatic heterocycles. The second-order valence-corrected chi connectivity index (χ2v) is 20.3. The molecule has 0 bridgehead atoms. The molecule has 0 aliphatic carbocycles. The van der Waals surface area contributed by atoms with Gasteiger partial charge in [0.05, 0.1) is 18.3 Å². The van der Waals surface area contributed by atoms with Crippen molar-refractivity contribution in [1.82, 2.24) is 63.4 Å². The number of nitrogen functional groups attached to an aromatic ring is 3. The molecular formula is C48H80N16O5. The quantitative estimate of drug-likeness (QED) is 0.0936. The van der Waals surface area contributed by atoms with Crippen molar-refractivity contribution in [2.45, 2.75) is 161 Å². The van der Waals surface area contributed by atoms with Crippen molar-refractivity contribution in [1.29, 1.82) is 0 Å². The molecular weight excluding hydrogens is 881 g/mol. The Morgan fingerprint density at radius 3 is 1.55 bits per heavy atom. The highest BCUT2D eigenvalue weighted by molar-refractivity contribution is 5.94. The van der Waals surface area contributed by atoms with Gasteiger partial charge in [0.2, 0.25) is 5.95 Å². The highest BCUT2D eigenvalue weighted by Gasteiger charge is 2.26. The predicted molar refractivity (Wildman–Crippen MR) is 282 cm³/mol. The van der Waals surface area contributed by atoms with Gasteiger partial charge in [-0.25, -0.2) is 24.5 Å². The SMILES string of the molecule is C.C.C.C=C1NC(=O)C(C)=CN1C(C)(C)C.CC(C)(C)n1ccc(=O)[nH]c1=O.CC(C)(C)n1ccc(N)nc1=O.CC(C)(C)n1cnc2c(=O)[nH]c(N)nc21.CC(C)(C)n1cnc2c(N)ccnc21. The summed E-state index contributed by atoms with van der Waals surface area (Å²) in [6, 6.07) is 4.72. The lowest BCUT2D eigenvalue weighted by molar-refractivity contribution is -0.117. The predicted octanol–water partition coefficient (Wildman–Crippen LogP) is 6.60. The first kappa shape index (κ1) is 61.7. The average molecular weight is 961 g/mol. The number of rotatable bonds is 0. The molecule has 1 aliphatic rings. The Labute approximate surface area is 406 Å². The molecule has 0 atom stereocenters. The largest absolute Gasteiger partial charge is 0.397 e. The molecule has 21 nitrogen and oxygen atoms in total. The molecule has 0 radical (unpaired) electrons. The minimum atomic E-state index is -0.366. The van der Waals surface area contributed by atoms with Crippen LogP contribution in [0.4, 0.5) is 17.5 Å². The molecule has 0 aromatic carbocycles. The van der Waals surface area contributed by atoms with Gasteiger partial charge < -0.3 is 36.6 Å². The van der Waals surface area contributed by atoms with E-state index >= 15 is 0 Å². The van der Waals surface area contributed by atoms with Crippen LogP contribution in [-0.4, -0.2) is 69.5 Å². The summed E-state index contributed by atoms with van der Waals surface area (Å²) in [5.41, 5.74) is 18.4. The molecule has 0 saturated carbocycles. The number of pyridine rings is 1. The van der Waals surface area contributed by atoms with E-state index in [-0.39, 0.29) is 90.1 Å². The highest BCUT2D eigenvalue weighted by Crippen LogP contribution is 2.24. The van der Waals surface area contributed by atoms with Crippen LogP contribution in [0.3, 0.4) is 0 Å². The summed E-state index contributed by atoms with van der Waals surface area (Å²) in [4.78, 5) is 82.7. The zero-order valence-corrected chi connectivity index (χ0v) is 41.1. The van der Waals surface area contributed by atoms with E-state index in [0.717, 1.165) is 11.2 Å². The third-order valence-corrected chi connectivity index (χ3v) is 9.38. The number of aromatic amines is 2. The van der Waals surface area contributed by atoms with Crippen LogP contribution in [0.5, 0.6) is 0 Å². The maximum Gasteiger partial charge on any atom is 0.349 e. The Hall–Kier alpha value is -7.32. The molecule has 0 unspecified atom stereocenters. The number of imidazole rings is 2. The van der Waals surface area contributed by atoms with Crippen LogP contribution in [0.2, 0.25) is 0 Å². The summed E-state index contributed by atoms with van der Waals surface area (Å²) in [6.07, 6.45) is 10.1. The van der Waals surface area contributed by atoms with E-state index in [4.69, 9.17) is 17.2 Å². The molecule has 382 valence electrons. The van der Waals surface area contributed by atoms with E-state index in [2.05, 4.69) is 88.3 Å². The van der Waals surface area contributed by atoms with Crippen molar-refractivity contribution in [3.05, 3.63) is 115 Å². The fraction of sp³-hybridized carbons (Fsp3) is 0.500. The molecule has 6 aromatic rings. The third kappa shape index (κ3) is 16.5. The molecule has 9 N–H and O–H groups in total. The number of H-pyrrole nitrogens is 2. The second-order valence-electron chi connectivity index (χ2n) is 20.3. The lowest BCUT2D eigenvalue weighted by Gasteiger charge is -2.38. The van der Waals surface area contributed by atoms with Gasteiger partial charge in [0, 0.05) is 64.1 Å². The number of hydrogen-bond donors (Lipinski definition) is 6. The van der Waals surface area contributed by atoms with Crippen LogP contribution < -0.4 is 45.0 Å². The summed E-state index contributed by atoms with van der Waals surface area (Å²) >= 11 is 0. The Morgan fingerprint density at radius 2 is 1.07 bits per heavy atom. The first-order chi connectivity index (χ1) is 30.0. The number of nitrogens with two attached hydrogens (primary N) is 3. The van der Waals surface area contributed by atoms with Gasteiger partial charge in [-0.15, -0.1) is 0 Å². The fourth-order valence-corrected chi connectivity index (χ4v) is 5.94. The summed E-state index contributed by atoms with van der Waals surface area (Å²) < 4.78 is 6.88. The lowest BCUT2D eigenvalue weighted by Crippen LogP contribution is -2.46. The number of carbonyl (C=O) groups is 1. The summed E-state index contributed by atoms with van der Waals surface area (Å²) in [5, 5.41) is 2.71. The number of amides is 1. The van der Waals surface area contributed by atoms with E-state index in [9.17, 15) is 24.0 Å². The number of nitrogens with zero attached hydrogens (tertiary/aromatic N) is 10. The van der Waals surface area contributed by atoms with Gasteiger partial charge in [0.25, 0.3) is 17.0 Å². The maximum atomic E-state index is 11.5. The summed E-state index contributed by atoms with van der Waals surface area (Å²) in [6.45, 7) is 35.6. The van der Waals surface area contributed by atoms with E-state index in [0.29, 0.717) is 28.2 Å². The first-order valence-corrected chi connectivity index (χ1v) is 21.0. The van der Waals surface area contributed by atoms with Crippen LogP contribution in [0, 0.1) is 0 Å². The highest BCUT2D eigenvalue weighted by atomic mass is 16.2. The van der Waals surface area contributed by atoms with Gasteiger partial charge in [0.1, 0.15) is 17.2 Å². The molecule has 7 heterocycles. The van der Waals surface area contributed by atoms with E-state index in [1.807, 2.05) is 82.5 Å². The summed E-state index contributed by atoms with van der Waals surface area (Å²) in [7, 11) is 0. The minimum absolute atomic E-state index is 0. The Bertz CT molecular complexity index is 2950. The van der Waals surface area contributed by atoms with Gasteiger partial charge in [-0.05, 0) is 123 Å². The number of aromatic nitrogens is 11. The molecule has 1 amide bonds. The molecule has 0 spiro atoms. The zero-order valence-electron chi connectivity index (χ0n) is 41.1. The molecule has 7 rings (SSSR count). The van der Waals surface area contributed by atoms with Crippen LogP contribution in [-0.2, 0) is 27.0 Å². The van der Waals surface area contributed by atoms with Crippen LogP contribution >= 0.6 is 0 Å². The van der Waals surface area contributed by atoms with E-state index < -0.39 is 0 Å². The number of carbonyl (C=O) groups excluding carboxylic acids is 1. The Balaban J connectivity index is 0.000000831. The molecule has 69 heavy (non-hydrogen) atoms. The standard InChI is InChI=1S/C10H14N4.C10H16N2O.C9H13N5O.C8H13N3O.C8H12N2O2.3CH4/c1-10(2,3)14-6-13-8-7(11)4-5-12-9(8)14;1-7-6-12(10(3,4)5)8(2)11-9(7)13;1-9(2,3)14-4-11-5-6(14)12-8(10)13-7(5)15;1-8(2,3)11-5-4-6(9)10-7(11)12;1-8(2,3)10-5-4-6(11)9-7(10)12;;;/h4-6H,1-3H3,(H2,11,12);6H,2H2,1,3-5H3,(H,11,13);4H,1-3H3,(H3,10,12,13,15);4-5H,1-3H3,(H2,9,10,12);4-5H,1-3H3,(H,9,11,12);3*1H4. The molecule has 1 aliphatic heterocycles. The van der Waals surface area contributed by atoms with Crippen LogP contribution in [0.1, 0.15) is 133 Å².